The molecule has 0 saturated heterocycles. The van der Waals surface area contributed by atoms with E-state index in [2.05, 4.69) is 20.6 Å². The van der Waals surface area contributed by atoms with E-state index in [1.807, 2.05) is 0 Å². The number of ether oxygens (including phenoxy) is 1. The van der Waals surface area contributed by atoms with Crippen LogP contribution in [0.2, 0.25) is 10.0 Å². The molecule has 2 amide bonds. The molecule has 1 aliphatic rings. The molecule has 2 aromatic rings. The normalized spacial score (nSPS) is 13.9. The van der Waals surface area contributed by atoms with Crippen molar-refractivity contribution in [2.24, 2.45) is 5.10 Å². The SMILES string of the molecule is O=C(N/N=C/C1=C(Cl)c2cc(Cl)cc(Cl)c2SC1)Nc1ccc(OC(F)(F)F)cc1. The lowest BCUT2D eigenvalue weighted by atomic mass is 10.1. The highest BCUT2D eigenvalue weighted by Crippen LogP contribution is 2.43. The van der Waals surface area contributed by atoms with Gasteiger partial charge in [-0.3, -0.25) is 0 Å². The number of hydrogen-bond acceptors (Lipinski definition) is 4. The number of nitrogens with zero attached hydrogens (tertiary/aromatic N) is 1. The van der Waals surface area contributed by atoms with Crippen molar-refractivity contribution in [1.82, 2.24) is 5.43 Å². The summed E-state index contributed by atoms with van der Waals surface area (Å²) in [5.41, 5.74) is 3.84. The number of thioether (sulfide) groups is 1. The van der Waals surface area contributed by atoms with Crippen LogP contribution >= 0.6 is 46.6 Å². The molecule has 1 heterocycles. The summed E-state index contributed by atoms with van der Waals surface area (Å²) in [5.74, 6) is 0.0871. The monoisotopic (exact) mass is 495 g/mol. The average molecular weight is 497 g/mol. The lowest BCUT2D eigenvalue weighted by Crippen LogP contribution is -2.24. The highest BCUT2D eigenvalue weighted by Gasteiger charge is 2.31. The minimum atomic E-state index is -4.79. The van der Waals surface area contributed by atoms with Crippen LogP contribution in [0, 0.1) is 0 Å². The largest absolute Gasteiger partial charge is 0.573 e. The van der Waals surface area contributed by atoms with Crippen LogP contribution in [0.1, 0.15) is 5.56 Å². The highest BCUT2D eigenvalue weighted by molar-refractivity contribution is 7.99. The van der Waals surface area contributed by atoms with Crippen LogP contribution in [-0.4, -0.2) is 24.4 Å². The van der Waals surface area contributed by atoms with E-state index in [-0.39, 0.29) is 5.69 Å². The molecule has 0 atom stereocenters. The number of nitrogens with one attached hydrogen (secondary N) is 2. The van der Waals surface area contributed by atoms with Crippen LogP contribution in [0.5, 0.6) is 5.75 Å². The van der Waals surface area contributed by atoms with E-state index in [1.165, 1.54) is 30.1 Å². The molecular weight excluding hydrogens is 486 g/mol. The molecule has 0 unspecified atom stereocenters. The van der Waals surface area contributed by atoms with Gasteiger partial charge in [0.25, 0.3) is 0 Å². The second-order valence-corrected chi connectivity index (χ2v) is 8.00. The van der Waals surface area contributed by atoms with Gasteiger partial charge in [0.1, 0.15) is 5.75 Å². The minimum absolute atomic E-state index is 0.251. The summed E-state index contributed by atoms with van der Waals surface area (Å²) in [5, 5.41) is 7.63. The standard InChI is InChI=1S/C18H11Cl3F3N3O2S/c19-10-5-13-15(21)9(8-30-16(13)14(20)6-10)7-25-27-17(28)26-11-1-3-12(4-2-11)29-18(22,23)24/h1-7H,8H2,(H2,26,27,28)/b25-7+. The van der Waals surface area contributed by atoms with Crippen LogP contribution in [0.3, 0.4) is 0 Å². The van der Waals surface area contributed by atoms with Gasteiger partial charge >= 0.3 is 12.4 Å². The molecule has 30 heavy (non-hydrogen) atoms. The molecule has 2 N–H and O–H groups in total. The Balaban J connectivity index is 1.60. The van der Waals surface area contributed by atoms with Gasteiger partial charge in [-0.05, 0) is 36.4 Å². The van der Waals surface area contributed by atoms with Gasteiger partial charge in [0.15, 0.2) is 0 Å². The Labute approximate surface area is 188 Å². The third-order valence-electron chi connectivity index (χ3n) is 3.63. The fraction of sp³-hybridized carbons (Fsp3) is 0.111. The van der Waals surface area contributed by atoms with Gasteiger partial charge in [0.05, 0.1) is 16.3 Å². The Hall–Kier alpha value is -2.07. The molecular formula is C18H11Cl3F3N3O2S. The number of fused-ring (bicyclic) bond motifs is 1. The van der Waals surface area contributed by atoms with Crippen molar-refractivity contribution >= 4 is 69.5 Å². The van der Waals surface area contributed by atoms with Crippen molar-refractivity contribution in [2.75, 3.05) is 11.1 Å². The predicted molar refractivity (Wildman–Crippen MR) is 114 cm³/mol. The van der Waals surface area contributed by atoms with E-state index >= 15 is 0 Å². The van der Waals surface area contributed by atoms with Gasteiger partial charge in [0.2, 0.25) is 0 Å². The van der Waals surface area contributed by atoms with E-state index < -0.39 is 18.1 Å². The first kappa shape index (κ1) is 22.6. The number of halogens is 6. The third-order valence-corrected chi connectivity index (χ3v) is 5.89. The second kappa shape index (κ2) is 9.38. The van der Waals surface area contributed by atoms with Crippen molar-refractivity contribution < 1.29 is 22.7 Å². The fourth-order valence-corrected chi connectivity index (χ4v) is 4.51. The van der Waals surface area contributed by atoms with E-state index in [4.69, 9.17) is 34.8 Å². The maximum absolute atomic E-state index is 12.1. The van der Waals surface area contributed by atoms with Crippen LogP contribution in [-0.2, 0) is 0 Å². The van der Waals surface area contributed by atoms with E-state index in [0.717, 1.165) is 17.0 Å². The summed E-state index contributed by atoms with van der Waals surface area (Å²) in [4.78, 5) is 12.7. The number of anilines is 1. The van der Waals surface area contributed by atoms with Crippen LogP contribution in [0.15, 0.2) is 52.0 Å². The van der Waals surface area contributed by atoms with Crippen LogP contribution in [0.25, 0.3) is 5.03 Å². The first-order valence-electron chi connectivity index (χ1n) is 8.09. The molecule has 3 rings (SSSR count). The van der Waals surface area contributed by atoms with Gasteiger partial charge in [-0.1, -0.05) is 34.8 Å². The quantitative estimate of drug-likeness (QED) is 0.363. The molecule has 12 heteroatoms. The lowest BCUT2D eigenvalue weighted by molar-refractivity contribution is -0.274. The second-order valence-electron chi connectivity index (χ2n) is 5.79. The van der Waals surface area contributed by atoms with Gasteiger partial charge < -0.3 is 10.1 Å². The molecule has 0 spiro atoms. The zero-order valence-electron chi connectivity index (χ0n) is 14.7. The Morgan fingerprint density at radius 2 is 1.87 bits per heavy atom. The summed E-state index contributed by atoms with van der Waals surface area (Å²) in [6.07, 6.45) is -3.39. The van der Waals surface area contributed by atoms with E-state index in [0.29, 0.717) is 32.0 Å². The average Bonchev–Trinajstić information content (AvgIpc) is 2.64. The Bertz CT molecular complexity index is 1030. The summed E-state index contributed by atoms with van der Waals surface area (Å²) in [6.45, 7) is 0. The van der Waals surface area contributed by atoms with Gasteiger partial charge in [0, 0.05) is 32.5 Å². The van der Waals surface area contributed by atoms with E-state index in [1.54, 1.807) is 12.1 Å². The summed E-state index contributed by atoms with van der Waals surface area (Å²) in [7, 11) is 0. The van der Waals surface area contributed by atoms with Gasteiger partial charge in [-0.15, -0.1) is 24.9 Å². The molecule has 1 aliphatic heterocycles. The zero-order valence-corrected chi connectivity index (χ0v) is 17.8. The summed E-state index contributed by atoms with van der Waals surface area (Å²) in [6, 6.07) is 7.29. The Kier molecular flexibility index (Phi) is 7.07. The lowest BCUT2D eigenvalue weighted by Gasteiger charge is -2.18. The molecule has 0 saturated carbocycles. The molecule has 0 fully saturated rings. The maximum atomic E-state index is 12.1. The van der Waals surface area contributed by atoms with Crippen molar-refractivity contribution in [3.05, 3.63) is 57.6 Å². The number of hydrazone groups is 1. The topological polar surface area (TPSA) is 62.7 Å². The number of alkyl halides is 3. The smallest absolute Gasteiger partial charge is 0.406 e. The predicted octanol–water partition coefficient (Wildman–Crippen LogP) is 6.76. The first-order valence-corrected chi connectivity index (χ1v) is 10.2. The van der Waals surface area contributed by atoms with E-state index in [9.17, 15) is 18.0 Å². The third kappa shape index (κ3) is 5.98. The van der Waals surface area contributed by atoms with Crippen LogP contribution in [0.4, 0.5) is 23.7 Å². The molecule has 0 aromatic heterocycles. The van der Waals surface area contributed by atoms with Crippen molar-refractivity contribution in [1.29, 1.82) is 0 Å². The maximum Gasteiger partial charge on any atom is 0.573 e. The molecule has 0 bridgehead atoms. The minimum Gasteiger partial charge on any atom is -0.406 e. The number of hydrogen-bond donors (Lipinski definition) is 2. The summed E-state index contributed by atoms with van der Waals surface area (Å²) >= 11 is 20.1. The molecule has 158 valence electrons. The Morgan fingerprint density at radius 3 is 2.53 bits per heavy atom. The van der Waals surface area contributed by atoms with Crippen molar-refractivity contribution in [3.8, 4) is 5.75 Å². The summed E-state index contributed by atoms with van der Waals surface area (Å²) < 4.78 is 40.2. The number of carbonyl (C=O) groups excluding carboxylic acids is 1. The number of benzene rings is 2. The fourth-order valence-electron chi connectivity index (χ4n) is 2.42. The molecule has 5 nitrogen and oxygen atoms in total. The van der Waals surface area contributed by atoms with Crippen molar-refractivity contribution in [2.45, 2.75) is 11.3 Å². The molecule has 2 aromatic carbocycles. The van der Waals surface area contributed by atoms with Gasteiger partial charge in [-0.2, -0.15) is 5.10 Å². The Morgan fingerprint density at radius 1 is 1.17 bits per heavy atom. The number of urea groups is 1. The molecule has 0 radical (unpaired) electrons. The number of rotatable bonds is 4. The number of carbonyl (C=O) groups is 1. The first-order chi connectivity index (χ1) is 14.1. The van der Waals surface area contributed by atoms with Crippen molar-refractivity contribution in [3.63, 3.8) is 0 Å². The number of amides is 2. The van der Waals surface area contributed by atoms with Gasteiger partial charge in [-0.25, -0.2) is 10.2 Å². The zero-order chi connectivity index (χ0) is 21.9. The van der Waals surface area contributed by atoms with Crippen LogP contribution < -0.4 is 15.5 Å². The molecule has 0 aliphatic carbocycles. The highest BCUT2D eigenvalue weighted by atomic mass is 35.5.